The number of rotatable bonds is 9. The number of aliphatic hydroxyl groups is 2. The molecule has 0 bridgehead atoms. The Kier molecular flexibility index (Phi) is 7.09. The molecule has 0 fully saturated rings. The first-order chi connectivity index (χ1) is 14.7. The van der Waals surface area contributed by atoms with E-state index >= 15 is 0 Å². The highest BCUT2D eigenvalue weighted by atomic mass is 16.3. The zero-order valence-electron chi connectivity index (χ0n) is 18.8. The highest BCUT2D eigenvalue weighted by molar-refractivity contribution is 5.81. The van der Waals surface area contributed by atoms with E-state index in [4.69, 9.17) is 4.98 Å². The predicted molar refractivity (Wildman–Crippen MR) is 121 cm³/mol. The predicted octanol–water partition coefficient (Wildman–Crippen LogP) is 1.40. The quantitative estimate of drug-likeness (QED) is 0.407. The third-order valence-corrected chi connectivity index (χ3v) is 5.33. The molecule has 0 radical (unpaired) electrons. The lowest BCUT2D eigenvalue weighted by molar-refractivity contribution is 0.101. The van der Waals surface area contributed by atoms with E-state index in [1.165, 1.54) is 0 Å². The summed E-state index contributed by atoms with van der Waals surface area (Å²) < 4.78 is 1.87. The van der Waals surface area contributed by atoms with Crippen molar-refractivity contribution < 1.29 is 10.2 Å². The van der Waals surface area contributed by atoms with Crippen LogP contribution in [0, 0.1) is 13.8 Å². The summed E-state index contributed by atoms with van der Waals surface area (Å²) in [6.07, 6.45) is 0.964. The zero-order valence-corrected chi connectivity index (χ0v) is 18.8. The minimum atomic E-state index is -0.852. The van der Waals surface area contributed by atoms with Gasteiger partial charge in [-0.25, -0.2) is 9.67 Å². The molecule has 3 heterocycles. The summed E-state index contributed by atoms with van der Waals surface area (Å²) in [7, 11) is 1.83. The monoisotopic (exact) mass is 428 g/mol. The Hall–Kier alpha value is -2.75. The largest absolute Gasteiger partial charge is 0.394 e. The van der Waals surface area contributed by atoms with Crippen LogP contribution in [-0.4, -0.2) is 56.3 Å². The van der Waals surface area contributed by atoms with Crippen molar-refractivity contribution in [2.24, 2.45) is 0 Å². The van der Waals surface area contributed by atoms with Crippen molar-refractivity contribution in [3.05, 3.63) is 51.1 Å². The smallest absolute Gasteiger partial charge is 0.252 e. The SMILES string of the molecule is Cc1cc(C)c(CNCc2cc(N(C)CC(O)CO)nc3c2cnn3C(C)C)c(=O)[nH]1. The van der Waals surface area contributed by atoms with E-state index in [2.05, 4.69) is 15.4 Å². The van der Waals surface area contributed by atoms with Gasteiger partial charge < -0.3 is 25.4 Å². The van der Waals surface area contributed by atoms with Crippen molar-refractivity contribution in [1.29, 1.82) is 0 Å². The van der Waals surface area contributed by atoms with Gasteiger partial charge in [-0.2, -0.15) is 5.10 Å². The Labute approximate surface area is 181 Å². The summed E-state index contributed by atoms with van der Waals surface area (Å²) in [6.45, 7) is 8.82. The average Bonchev–Trinajstić information content (AvgIpc) is 3.14. The van der Waals surface area contributed by atoms with Crippen LogP contribution in [0.1, 0.15) is 42.3 Å². The summed E-state index contributed by atoms with van der Waals surface area (Å²) >= 11 is 0. The number of nitrogens with zero attached hydrogens (tertiary/aromatic N) is 4. The van der Waals surface area contributed by atoms with E-state index in [-0.39, 0.29) is 24.8 Å². The van der Waals surface area contributed by atoms with Gasteiger partial charge in [-0.3, -0.25) is 4.79 Å². The Morgan fingerprint density at radius 3 is 2.65 bits per heavy atom. The molecule has 0 aliphatic carbocycles. The molecule has 3 aromatic heterocycles. The molecule has 0 aromatic carbocycles. The summed E-state index contributed by atoms with van der Waals surface area (Å²) in [4.78, 5) is 21.7. The highest BCUT2D eigenvalue weighted by Gasteiger charge is 2.16. The topological polar surface area (TPSA) is 119 Å². The van der Waals surface area contributed by atoms with Crippen LogP contribution in [0.25, 0.3) is 11.0 Å². The molecule has 168 valence electrons. The van der Waals surface area contributed by atoms with Crippen LogP contribution in [-0.2, 0) is 13.1 Å². The lowest BCUT2D eigenvalue weighted by atomic mass is 10.1. The van der Waals surface area contributed by atoms with Gasteiger partial charge in [0.05, 0.1) is 18.9 Å². The second-order valence-electron chi connectivity index (χ2n) is 8.32. The number of aliphatic hydroxyl groups excluding tert-OH is 2. The second kappa shape index (κ2) is 9.59. The molecule has 0 saturated heterocycles. The summed E-state index contributed by atoms with van der Waals surface area (Å²) in [5.41, 5.74) is 4.21. The normalized spacial score (nSPS) is 12.6. The maximum absolute atomic E-state index is 12.3. The van der Waals surface area contributed by atoms with Gasteiger partial charge in [0.2, 0.25) is 0 Å². The van der Waals surface area contributed by atoms with Gasteiger partial charge in [-0.15, -0.1) is 0 Å². The Bertz CT molecular complexity index is 1100. The lowest BCUT2D eigenvalue weighted by Gasteiger charge is -2.22. The number of likely N-dealkylation sites (N-methyl/N-ethyl adjacent to an activating group) is 1. The Morgan fingerprint density at radius 2 is 2.00 bits per heavy atom. The van der Waals surface area contributed by atoms with Gasteiger partial charge >= 0.3 is 0 Å². The standard InChI is InChI=1S/C22H32N6O3/c1-13(2)28-21-19(10-24-28)16(7-20(26-21)27(5)11-17(30)12-29)8-23-9-18-14(3)6-15(4)25-22(18)31/h6-7,10,13,17,23,29-30H,8-9,11-12H2,1-5H3,(H,25,31). The summed E-state index contributed by atoms with van der Waals surface area (Å²) in [6, 6.07) is 4.07. The van der Waals surface area contributed by atoms with Crippen molar-refractivity contribution in [3.63, 3.8) is 0 Å². The number of hydrogen-bond acceptors (Lipinski definition) is 7. The number of hydrogen-bond donors (Lipinski definition) is 4. The number of pyridine rings is 2. The van der Waals surface area contributed by atoms with Crippen LogP contribution in [0.15, 0.2) is 23.1 Å². The fourth-order valence-corrected chi connectivity index (χ4v) is 3.68. The summed E-state index contributed by atoms with van der Waals surface area (Å²) in [5, 5.41) is 27.8. The van der Waals surface area contributed by atoms with Crippen LogP contribution < -0.4 is 15.8 Å². The number of fused-ring (bicyclic) bond motifs is 1. The molecule has 1 atom stereocenters. The maximum Gasteiger partial charge on any atom is 0.252 e. The van der Waals surface area contributed by atoms with Gasteiger partial charge in [0.15, 0.2) is 5.65 Å². The molecule has 0 amide bonds. The van der Waals surface area contributed by atoms with E-state index in [1.54, 1.807) is 0 Å². The highest BCUT2D eigenvalue weighted by Crippen LogP contribution is 2.25. The number of nitrogens with one attached hydrogen (secondary N) is 2. The van der Waals surface area contributed by atoms with Gasteiger partial charge in [-0.1, -0.05) is 0 Å². The first-order valence-corrected chi connectivity index (χ1v) is 10.5. The second-order valence-corrected chi connectivity index (χ2v) is 8.32. The van der Waals surface area contributed by atoms with E-state index in [9.17, 15) is 15.0 Å². The number of H-pyrrole nitrogens is 1. The molecule has 3 aromatic rings. The van der Waals surface area contributed by atoms with Crippen molar-refractivity contribution in [2.75, 3.05) is 25.1 Å². The minimum Gasteiger partial charge on any atom is -0.394 e. The van der Waals surface area contributed by atoms with Crippen LogP contribution in [0.2, 0.25) is 0 Å². The van der Waals surface area contributed by atoms with Crippen molar-refractivity contribution in [2.45, 2.75) is 52.9 Å². The summed E-state index contributed by atoms with van der Waals surface area (Å²) in [5.74, 6) is 0.684. The van der Waals surface area contributed by atoms with Gasteiger partial charge in [0.1, 0.15) is 5.82 Å². The number of aromatic nitrogens is 4. The lowest BCUT2D eigenvalue weighted by Crippen LogP contribution is -2.32. The minimum absolute atomic E-state index is 0.0732. The maximum atomic E-state index is 12.3. The molecule has 9 heteroatoms. The van der Waals surface area contributed by atoms with E-state index < -0.39 is 6.10 Å². The molecule has 31 heavy (non-hydrogen) atoms. The third kappa shape index (κ3) is 5.12. The Balaban J connectivity index is 1.90. The van der Waals surface area contributed by atoms with Crippen LogP contribution in [0.3, 0.4) is 0 Å². The first kappa shape index (κ1) is 22.9. The fraction of sp³-hybridized carbons (Fsp3) is 0.500. The third-order valence-electron chi connectivity index (χ3n) is 5.33. The molecule has 9 nitrogen and oxygen atoms in total. The molecular weight excluding hydrogens is 396 g/mol. The van der Waals surface area contributed by atoms with Crippen LogP contribution >= 0.6 is 0 Å². The van der Waals surface area contributed by atoms with E-state index in [0.717, 1.165) is 33.4 Å². The van der Waals surface area contributed by atoms with Gasteiger partial charge in [0, 0.05) is 49.4 Å². The number of aryl methyl sites for hydroxylation is 2. The first-order valence-electron chi connectivity index (χ1n) is 10.5. The fourth-order valence-electron chi connectivity index (χ4n) is 3.68. The van der Waals surface area contributed by atoms with Crippen LogP contribution in [0.4, 0.5) is 5.82 Å². The van der Waals surface area contributed by atoms with Crippen molar-refractivity contribution in [1.82, 2.24) is 25.1 Å². The van der Waals surface area contributed by atoms with E-state index in [1.807, 2.05) is 62.7 Å². The molecule has 0 saturated carbocycles. The van der Waals surface area contributed by atoms with Crippen molar-refractivity contribution >= 4 is 16.9 Å². The molecule has 0 aliphatic heterocycles. The molecular formula is C22H32N6O3. The van der Waals surface area contributed by atoms with Crippen LogP contribution in [0.5, 0.6) is 0 Å². The average molecular weight is 429 g/mol. The molecule has 4 N–H and O–H groups in total. The molecule has 3 rings (SSSR count). The van der Waals surface area contributed by atoms with Gasteiger partial charge in [0.25, 0.3) is 5.56 Å². The number of anilines is 1. The van der Waals surface area contributed by atoms with Gasteiger partial charge in [-0.05, 0) is 51.0 Å². The number of aromatic amines is 1. The Morgan fingerprint density at radius 1 is 1.26 bits per heavy atom. The zero-order chi connectivity index (χ0) is 22.7. The molecule has 0 aliphatic rings. The molecule has 1 unspecified atom stereocenters. The van der Waals surface area contributed by atoms with E-state index in [0.29, 0.717) is 18.9 Å². The van der Waals surface area contributed by atoms with Crippen molar-refractivity contribution in [3.8, 4) is 0 Å². The molecule has 0 spiro atoms.